The van der Waals surface area contributed by atoms with Crippen LogP contribution in [0.25, 0.3) is 0 Å². The van der Waals surface area contributed by atoms with Crippen LogP contribution in [0.3, 0.4) is 0 Å². The Hall–Kier alpha value is -0.770. The SMILES string of the molecule is CC(C)(CC(=O)O)CC(N)c1ccc(Cl)c(Cl)c1. The van der Waals surface area contributed by atoms with Crippen LogP contribution in [0, 0.1) is 5.41 Å². The monoisotopic (exact) mass is 289 g/mol. The topological polar surface area (TPSA) is 63.3 Å². The van der Waals surface area contributed by atoms with Crippen molar-refractivity contribution in [3.05, 3.63) is 33.8 Å². The van der Waals surface area contributed by atoms with Crippen molar-refractivity contribution in [1.29, 1.82) is 0 Å². The summed E-state index contributed by atoms with van der Waals surface area (Å²) < 4.78 is 0. The van der Waals surface area contributed by atoms with Crippen LogP contribution in [-0.2, 0) is 4.79 Å². The van der Waals surface area contributed by atoms with Gasteiger partial charge in [0.2, 0.25) is 0 Å². The fourth-order valence-corrected chi connectivity index (χ4v) is 2.24. The van der Waals surface area contributed by atoms with Crippen molar-refractivity contribution in [2.75, 3.05) is 0 Å². The fourth-order valence-electron chi connectivity index (χ4n) is 1.94. The molecule has 3 N–H and O–H groups in total. The third kappa shape index (κ3) is 4.48. The number of benzene rings is 1. The molecule has 0 aliphatic rings. The highest BCUT2D eigenvalue weighted by atomic mass is 35.5. The molecule has 0 radical (unpaired) electrons. The zero-order valence-electron chi connectivity index (χ0n) is 10.4. The molecule has 1 aromatic carbocycles. The number of carboxylic acid groups (broad SMARTS) is 1. The molecule has 1 aromatic rings. The minimum atomic E-state index is -0.818. The van der Waals surface area contributed by atoms with E-state index < -0.39 is 5.97 Å². The molecule has 1 rings (SSSR count). The van der Waals surface area contributed by atoms with Crippen LogP contribution in [0.15, 0.2) is 18.2 Å². The average molecular weight is 290 g/mol. The minimum absolute atomic E-state index is 0.0853. The van der Waals surface area contributed by atoms with E-state index in [0.29, 0.717) is 16.5 Å². The number of hydrogen-bond donors (Lipinski definition) is 2. The molecule has 18 heavy (non-hydrogen) atoms. The van der Waals surface area contributed by atoms with Gasteiger partial charge < -0.3 is 10.8 Å². The van der Waals surface area contributed by atoms with Crippen molar-refractivity contribution in [2.45, 2.75) is 32.7 Å². The van der Waals surface area contributed by atoms with E-state index in [1.165, 1.54) is 0 Å². The van der Waals surface area contributed by atoms with Gasteiger partial charge in [-0.2, -0.15) is 0 Å². The van der Waals surface area contributed by atoms with E-state index in [-0.39, 0.29) is 17.9 Å². The Labute approximate surface area is 117 Å². The molecule has 0 amide bonds. The molecule has 0 aromatic heterocycles. The lowest BCUT2D eigenvalue weighted by Gasteiger charge is -2.26. The van der Waals surface area contributed by atoms with E-state index >= 15 is 0 Å². The third-order valence-electron chi connectivity index (χ3n) is 2.77. The predicted molar refractivity (Wildman–Crippen MR) is 74.0 cm³/mol. The van der Waals surface area contributed by atoms with Crippen LogP contribution in [-0.4, -0.2) is 11.1 Å². The first-order valence-electron chi connectivity index (χ1n) is 5.63. The maximum absolute atomic E-state index is 10.8. The quantitative estimate of drug-likeness (QED) is 0.864. The Morgan fingerprint density at radius 1 is 1.39 bits per heavy atom. The van der Waals surface area contributed by atoms with Gasteiger partial charge in [0.1, 0.15) is 0 Å². The molecule has 5 heteroatoms. The molecular weight excluding hydrogens is 273 g/mol. The van der Waals surface area contributed by atoms with E-state index in [4.69, 9.17) is 34.0 Å². The van der Waals surface area contributed by atoms with Crippen LogP contribution >= 0.6 is 23.2 Å². The zero-order valence-corrected chi connectivity index (χ0v) is 11.9. The first kappa shape index (κ1) is 15.3. The van der Waals surface area contributed by atoms with Crippen LogP contribution in [0.1, 0.15) is 38.3 Å². The van der Waals surface area contributed by atoms with Gasteiger partial charge in [0, 0.05) is 6.04 Å². The summed E-state index contributed by atoms with van der Waals surface area (Å²) >= 11 is 11.8. The van der Waals surface area contributed by atoms with Gasteiger partial charge in [-0.25, -0.2) is 0 Å². The Kier molecular flexibility index (Phi) is 5.02. The second-order valence-corrected chi connectivity index (χ2v) is 6.03. The average Bonchev–Trinajstić information content (AvgIpc) is 2.19. The number of carbonyl (C=O) groups is 1. The first-order valence-corrected chi connectivity index (χ1v) is 6.39. The maximum atomic E-state index is 10.8. The molecular formula is C13H17Cl2NO2. The molecule has 1 unspecified atom stereocenters. The van der Waals surface area contributed by atoms with Crippen LogP contribution in [0.5, 0.6) is 0 Å². The Bertz CT molecular complexity index is 447. The number of carboxylic acids is 1. The largest absolute Gasteiger partial charge is 0.481 e. The van der Waals surface area contributed by atoms with Crippen LogP contribution in [0.4, 0.5) is 0 Å². The van der Waals surface area contributed by atoms with Crippen molar-refractivity contribution in [3.63, 3.8) is 0 Å². The molecule has 0 heterocycles. The minimum Gasteiger partial charge on any atom is -0.481 e. The van der Waals surface area contributed by atoms with Crippen LogP contribution in [0.2, 0.25) is 10.0 Å². The van der Waals surface area contributed by atoms with E-state index in [1.54, 1.807) is 12.1 Å². The van der Waals surface area contributed by atoms with Gasteiger partial charge in [-0.05, 0) is 29.5 Å². The second kappa shape index (κ2) is 5.91. The summed E-state index contributed by atoms with van der Waals surface area (Å²) in [5.74, 6) is -0.818. The van der Waals surface area contributed by atoms with E-state index in [9.17, 15) is 4.79 Å². The van der Waals surface area contributed by atoms with Gasteiger partial charge in [-0.3, -0.25) is 4.79 Å². The number of halogens is 2. The van der Waals surface area contributed by atoms with E-state index in [2.05, 4.69) is 0 Å². The van der Waals surface area contributed by atoms with E-state index in [1.807, 2.05) is 19.9 Å². The molecule has 3 nitrogen and oxygen atoms in total. The highest BCUT2D eigenvalue weighted by Crippen LogP contribution is 2.33. The molecule has 0 fully saturated rings. The fraction of sp³-hybridized carbons (Fsp3) is 0.462. The smallest absolute Gasteiger partial charge is 0.303 e. The normalized spacial score (nSPS) is 13.4. The van der Waals surface area contributed by atoms with Crippen molar-refractivity contribution < 1.29 is 9.90 Å². The Morgan fingerprint density at radius 3 is 2.50 bits per heavy atom. The van der Waals surface area contributed by atoms with Gasteiger partial charge in [-0.15, -0.1) is 0 Å². The second-order valence-electron chi connectivity index (χ2n) is 5.22. The van der Waals surface area contributed by atoms with Crippen molar-refractivity contribution in [1.82, 2.24) is 0 Å². The zero-order chi connectivity index (χ0) is 13.9. The van der Waals surface area contributed by atoms with Crippen molar-refractivity contribution in [2.24, 2.45) is 11.1 Å². The molecule has 100 valence electrons. The van der Waals surface area contributed by atoms with E-state index in [0.717, 1.165) is 5.56 Å². The highest BCUT2D eigenvalue weighted by molar-refractivity contribution is 6.42. The Morgan fingerprint density at radius 2 is 2.00 bits per heavy atom. The van der Waals surface area contributed by atoms with Gasteiger partial charge in [0.15, 0.2) is 0 Å². The number of rotatable bonds is 5. The number of aliphatic carboxylic acids is 1. The first-order chi connectivity index (χ1) is 8.21. The summed E-state index contributed by atoms with van der Waals surface area (Å²) in [4.78, 5) is 10.8. The standard InChI is InChI=1S/C13H17Cl2NO2/c1-13(2,7-12(17)18)6-11(16)8-3-4-9(14)10(15)5-8/h3-5,11H,6-7,16H2,1-2H3,(H,17,18). The maximum Gasteiger partial charge on any atom is 0.303 e. The van der Waals surface area contributed by atoms with Gasteiger partial charge in [0.05, 0.1) is 16.5 Å². The summed E-state index contributed by atoms with van der Waals surface area (Å²) in [7, 11) is 0. The number of hydrogen-bond acceptors (Lipinski definition) is 2. The third-order valence-corrected chi connectivity index (χ3v) is 3.51. The number of nitrogens with two attached hydrogens (primary N) is 1. The summed E-state index contributed by atoms with van der Waals surface area (Å²) in [5, 5.41) is 9.78. The summed E-state index contributed by atoms with van der Waals surface area (Å²) in [5.41, 5.74) is 6.58. The molecule has 0 aliphatic heterocycles. The van der Waals surface area contributed by atoms with Crippen molar-refractivity contribution >= 4 is 29.2 Å². The summed E-state index contributed by atoms with van der Waals surface area (Å²) in [6.07, 6.45) is 0.652. The molecule has 0 spiro atoms. The highest BCUT2D eigenvalue weighted by Gasteiger charge is 2.25. The van der Waals surface area contributed by atoms with Gasteiger partial charge in [-0.1, -0.05) is 43.1 Å². The lowest BCUT2D eigenvalue weighted by atomic mass is 9.81. The molecule has 0 bridgehead atoms. The van der Waals surface area contributed by atoms with Gasteiger partial charge in [0.25, 0.3) is 0 Å². The predicted octanol–water partition coefficient (Wildman–Crippen LogP) is 3.88. The van der Waals surface area contributed by atoms with Crippen LogP contribution < -0.4 is 5.73 Å². The van der Waals surface area contributed by atoms with Crippen molar-refractivity contribution in [3.8, 4) is 0 Å². The lowest BCUT2D eigenvalue weighted by Crippen LogP contribution is -2.24. The molecule has 1 atom stereocenters. The summed E-state index contributed by atoms with van der Waals surface area (Å²) in [6.45, 7) is 3.77. The van der Waals surface area contributed by atoms with Gasteiger partial charge >= 0.3 is 5.97 Å². The lowest BCUT2D eigenvalue weighted by molar-refractivity contribution is -0.139. The Balaban J connectivity index is 2.78. The molecule has 0 saturated carbocycles. The molecule has 0 saturated heterocycles. The molecule has 0 aliphatic carbocycles. The summed E-state index contributed by atoms with van der Waals surface area (Å²) in [6, 6.07) is 4.99.